The molecule has 0 aliphatic heterocycles. The molecule has 3 nitrogen and oxygen atoms in total. The molecular formula is C18H26N2O. The fourth-order valence-corrected chi connectivity index (χ4v) is 2.16. The number of nitrogens with one attached hydrogen (secondary N) is 1. The molecule has 1 heterocycles. The first-order chi connectivity index (χ1) is 9.99. The molecule has 0 saturated carbocycles. The summed E-state index contributed by atoms with van der Waals surface area (Å²) in [5.74, 6) is 0.728. The average Bonchev–Trinajstić information content (AvgIpc) is 2.43. The molecule has 0 spiro atoms. The molecule has 114 valence electrons. The van der Waals surface area contributed by atoms with Gasteiger partial charge in [0.15, 0.2) is 0 Å². The highest BCUT2D eigenvalue weighted by Crippen LogP contribution is 2.23. The number of pyridine rings is 1. The predicted octanol–water partition coefficient (Wildman–Crippen LogP) is 4.16. The lowest BCUT2D eigenvalue weighted by atomic mass is 9.93. The van der Waals surface area contributed by atoms with Crippen LogP contribution in [0.25, 0.3) is 10.9 Å². The topological polar surface area (TPSA) is 34.1 Å². The summed E-state index contributed by atoms with van der Waals surface area (Å²) >= 11 is 0. The molecular weight excluding hydrogens is 260 g/mol. The molecule has 0 amide bonds. The lowest BCUT2D eigenvalue weighted by molar-refractivity contribution is 0.237. The smallest absolute Gasteiger partial charge is 0.214 e. The monoisotopic (exact) mass is 286 g/mol. The second kappa shape index (κ2) is 6.90. The van der Waals surface area contributed by atoms with E-state index in [9.17, 15) is 0 Å². The van der Waals surface area contributed by atoms with E-state index in [-0.39, 0.29) is 5.41 Å². The summed E-state index contributed by atoms with van der Waals surface area (Å²) in [6, 6.07) is 10.3. The Balaban J connectivity index is 2.19. The second-order valence-corrected chi connectivity index (χ2v) is 6.58. The molecule has 1 N–H and O–H groups in total. The fourth-order valence-electron chi connectivity index (χ4n) is 2.16. The first kappa shape index (κ1) is 15.8. The van der Waals surface area contributed by atoms with Gasteiger partial charge in [-0.2, -0.15) is 0 Å². The number of benzene rings is 1. The van der Waals surface area contributed by atoms with Crippen LogP contribution in [0.5, 0.6) is 5.88 Å². The normalized spacial score (nSPS) is 11.8. The van der Waals surface area contributed by atoms with E-state index in [0.717, 1.165) is 30.9 Å². The van der Waals surface area contributed by atoms with E-state index in [1.165, 1.54) is 10.9 Å². The van der Waals surface area contributed by atoms with Crippen LogP contribution in [0.2, 0.25) is 0 Å². The van der Waals surface area contributed by atoms with Gasteiger partial charge in [0.05, 0.1) is 12.1 Å². The van der Waals surface area contributed by atoms with Gasteiger partial charge in [0.1, 0.15) is 0 Å². The Labute approximate surface area is 127 Å². The van der Waals surface area contributed by atoms with Gasteiger partial charge in [-0.05, 0) is 30.0 Å². The Hall–Kier alpha value is -1.61. The van der Waals surface area contributed by atoms with Crippen molar-refractivity contribution in [2.24, 2.45) is 5.41 Å². The highest BCUT2D eigenvalue weighted by molar-refractivity contribution is 5.82. The van der Waals surface area contributed by atoms with Gasteiger partial charge < -0.3 is 10.1 Å². The van der Waals surface area contributed by atoms with Crippen molar-refractivity contribution in [3.8, 4) is 5.88 Å². The Kier molecular flexibility index (Phi) is 5.18. The molecule has 0 unspecified atom stereocenters. The molecule has 0 saturated heterocycles. The van der Waals surface area contributed by atoms with Gasteiger partial charge in [-0.3, -0.25) is 0 Å². The van der Waals surface area contributed by atoms with Crippen molar-refractivity contribution in [2.45, 2.75) is 40.7 Å². The molecule has 0 fully saturated rings. The molecule has 2 aromatic rings. The third-order valence-corrected chi connectivity index (χ3v) is 3.45. The van der Waals surface area contributed by atoms with E-state index >= 15 is 0 Å². The molecule has 0 atom stereocenters. The highest BCUT2D eigenvalue weighted by atomic mass is 16.5. The van der Waals surface area contributed by atoms with Crippen LogP contribution in [0.4, 0.5) is 0 Å². The molecule has 1 aromatic heterocycles. The van der Waals surface area contributed by atoms with Gasteiger partial charge >= 0.3 is 0 Å². The average molecular weight is 286 g/mol. The van der Waals surface area contributed by atoms with Crippen molar-refractivity contribution >= 4 is 10.9 Å². The minimum atomic E-state index is 0.281. The maximum Gasteiger partial charge on any atom is 0.214 e. The Bertz CT molecular complexity index is 587. The number of fused-ring (bicyclic) bond motifs is 1. The van der Waals surface area contributed by atoms with Crippen LogP contribution in [-0.4, -0.2) is 18.1 Å². The Morgan fingerprint density at radius 2 is 1.95 bits per heavy atom. The van der Waals surface area contributed by atoms with Gasteiger partial charge in [0, 0.05) is 18.0 Å². The summed E-state index contributed by atoms with van der Waals surface area (Å²) in [7, 11) is 0. The zero-order valence-corrected chi connectivity index (χ0v) is 13.6. The molecule has 2 rings (SSSR count). The van der Waals surface area contributed by atoms with E-state index in [1.807, 2.05) is 12.1 Å². The summed E-state index contributed by atoms with van der Waals surface area (Å²) in [4.78, 5) is 4.61. The summed E-state index contributed by atoms with van der Waals surface area (Å²) in [6.45, 7) is 11.3. The Morgan fingerprint density at radius 3 is 2.67 bits per heavy atom. The van der Waals surface area contributed by atoms with E-state index in [1.54, 1.807) is 0 Å². The standard InChI is InChI=1S/C18H26N2O/c1-5-19-13-14-12-17(21-11-10-18(2,3)4)20-16-9-7-6-8-15(14)16/h6-9,12,19H,5,10-11,13H2,1-4H3. The molecule has 1 aromatic carbocycles. The zero-order valence-electron chi connectivity index (χ0n) is 13.6. The number of ether oxygens (including phenoxy) is 1. The third kappa shape index (κ3) is 4.71. The van der Waals surface area contributed by atoms with Gasteiger partial charge in [0.2, 0.25) is 5.88 Å². The summed E-state index contributed by atoms with van der Waals surface area (Å²) in [5, 5.41) is 4.58. The predicted molar refractivity (Wildman–Crippen MR) is 88.7 cm³/mol. The van der Waals surface area contributed by atoms with E-state index in [4.69, 9.17) is 4.74 Å². The minimum Gasteiger partial charge on any atom is -0.478 e. The lowest BCUT2D eigenvalue weighted by Gasteiger charge is -2.18. The first-order valence-corrected chi connectivity index (χ1v) is 7.72. The zero-order chi connectivity index (χ0) is 15.3. The van der Waals surface area contributed by atoms with Crippen molar-refractivity contribution in [1.29, 1.82) is 0 Å². The SMILES string of the molecule is CCNCc1cc(OCCC(C)(C)C)nc2ccccc12. The maximum absolute atomic E-state index is 5.87. The van der Waals surface area contributed by atoms with Crippen LogP contribution in [-0.2, 0) is 6.54 Å². The molecule has 21 heavy (non-hydrogen) atoms. The van der Waals surface area contributed by atoms with Crippen LogP contribution in [0.3, 0.4) is 0 Å². The number of nitrogens with zero attached hydrogens (tertiary/aromatic N) is 1. The number of hydrogen-bond acceptors (Lipinski definition) is 3. The number of rotatable bonds is 6. The van der Waals surface area contributed by atoms with Crippen molar-refractivity contribution in [3.63, 3.8) is 0 Å². The van der Waals surface area contributed by atoms with Gasteiger partial charge in [-0.25, -0.2) is 4.98 Å². The van der Waals surface area contributed by atoms with Crippen LogP contribution in [0.1, 0.15) is 39.7 Å². The highest BCUT2D eigenvalue weighted by Gasteiger charge is 2.11. The number of hydrogen-bond donors (Lipinski definition) is 1. The first-order valence-electron chi connectivity index (χ1n) is 7.72. The molecule has 0 aliphatic carbocycles. The lowest BCUT2D eigenvalue weighted by Crippen LogP contribution is -2.14. The van der Waals surface area contributed by atoms with Crippen LogP contribution in [0.15, 0.2) is 30.3 Å². The van der Waals surface area contributed by atoms with Gasteiger partial charge in [0.25, 0.3) is 0 Å². The van der Waals surface area contributed by atoms with Crippen LogP contribution < -0.4 is 10.1 Å². The van der Waals surface area contributed by atoms with Gasteiger partial charge in [-0.15, -0.1) is 0 Å². The summed E-state index contributed by atoms with van der Waals surface area (Å²) < 4.78 is 5.87. The second-order valence-electron chi connectivity index (χ2n) is 6.58. The van der Waals surface area contributed by atoms with Crippen molar-refractivity contribution in [2.75, 3.05) is 13.2 Å². The van der Waals surface area contributed by atoms with Gasteiger partial charge in [-0.1, -0.05) is 45.9 Å². The molecule has 0 bridgehead atoms. The molecule has 0 aliphatic rings. The van der Waals surface area contributed by atoms with E-state index in [2.05, 4.69) is 56.2 Å². The quantitative estimate of drug-likeness (QED) is 0.866. The van der Waals surface area contributed by atoms with E-state index < -0.39 is 0 Å². The van der Waals surface area contributed by atoms with Crippen LogP contribution >= 0.6 is 0 Å². The summed E-state index contributed by atoms with van der Waals surface area (Å²) in [5.41, 5.74) is 2.52. The third-order valence-electron chi connectivity index (χ3n) is 3.45. The van der Waals surface area contributed by atoms with E-state index in [0.29, 0.717) is 6.61 Å². The van der Waals surface area contributed by atoms with Crippen LogP contribution in [0, 0.1) is 5.41 Å². The fraction of sp³-hybridized carbons (Fsp3) is 0.500. The maximum atomic E-state index is 5.87. The molecule has 3 heteroatoms. The van der Waals surface area contributed by atoms with Crippen molar-refractivity contribution in [3.05, 3.63) is 35.9 Å². The summed E-state index contributed by atoms with van der Waals surface area (Å²) in [6.07, 6.45) is 1.02. The van der Waals surface area contributed by atoms with Crippen molar-refractivity contribution in [1.82, 2.24) is 10.3 Å². The minimum absolute atomic E-state index is 0.281. The van der Waals surface area contributed by atoms with Crippen molar-refractivity contribution < 1.29 is 4.74 Å². The number of aromatic nitrogens is 1. The molecule has 0 radical (unpaired) electrons. The number of para-hydroxylation sites is 1. The largest absolute Gasteiger partial charge is 0.478 e. The Morgan fingerprint density at radius 1 is 1.19 bits per heavy atom.